The Bertz CT molecular complexity index is 294. The van der Waals surface area contributed by atoms with Gasteiger partial charge in [-0.05, 0) is 21.6 Å². The summed E-state index contributed by atoms with van der Waals surface area (Å²) in [6.07, 6.45) is 9.21. The van der Waals surface area contributed by atoms with Crippen molar-refractivity contribution in [2.45, 2.75) is 20.8 Å². The zero-order chi connectivity index (χ0) is 9.42. The SMILES string of the molecule is CC(C)C1=CC2C(=CC=CC2C)S1. The molecule has 0 N–H and O–H groups in total. The van der Waals surface area contributed by atoms with E-state index in [0.29, 0.717) is 17.8 Å². The van der Waals surface area contributed by atoms with Crippen LogP contribution in [0.4, 0.5) is 0 Å². The van der Waals surface area contributed by atoms with E-state index >= 15 is 0 Å². The molecule has 0 amide bonds. The Balaban J connectivity index is 2.23. The molecule has 1 aliphatic heterocycles. The summed E-state index contributed by atoms with van der Waals surface area (Å²) in [7, 11) is 0. The molecule has 13 heavy (non-hydrogen) atoms. The van der Waals surface area contributed by atoms with E-state index in [4.69, 9.17) is 0 Å². The van der Waals surface area contributed by atoms with Crippen molar-refractivity contribution in [3.63, 3.8) is 0 Å². The minimum Gasteiger partial charge on any atom is -0.0984 e. The zero-order valence-corrected chi connectivity index (χ0v) is 9.27. The van der Waals surface area contributed by atoms with E-state index in [9.17, 15) is 0 Å². The molecule has 1 aliphatic carbocycles. The summed E-state index contributed by atoms with van der Waals surface area (Å²) in [5.74, 6) is 2.04. The lowest BCUT2D eigenvalue weighted by atomic mass is 9.89. The van der Waals surface area contributed by atoms with Crippen LogP contribution in [0.15, 0.2) is 34.1 Å². The number of hydrogen-bond acceptors (Lipinski definition) is 1. The predicted molar refractivity (Wildman–Crippen MR) is 60.4 cm³/mol. The van der Waals surface area contributed by atoms with Crippen molar-refractivity contribution < 1.29 is 0 Å². The van der Waals surface area contributed by atoms with Gasteiger partial charge in [0.25, 0.3) is 0 Å². The molecule has 1 heteroatoms. The molecule has 0 nitrogen and oxygen atoms in total. The van der Waals surface area contributed by atoms with E-state index < -0.39 is 0 Å². The number of fused-ring (bicyclic) bond motifs is 1. The molecule has 70 valence electrons. The maximum Gasteiger partial charge on any atom is 0.0153 e. The summed E-state index contributed by atoms with van der Waals surface area (Å²) < 4.78 is 0. The van der Waals surface area contributed by atoms with Crippen molar-refractivity contribution in [1.29, 1.82) is 0 Å². The minimum absolute atomic E-state index is 0.674. The number of allylic oxidation sites excluding steroid dienone is 6. The molecule has 1 heterocycles. The average Bonchev–Trinajstić information content (AvgIpc) is 2.49. The summed E-state index contributed by atoms with van der Waals surface area (Å²) >= 11 is 1.98. The smallest absolute Gasteiger partial charge is 0.0153 e. The van der Waals surface area contributed by atoms with Crippen molar-refractivity contribution in [3.8, 4) is 0 Å². The van der Waals surface area contributed by atoms with E-state index in [2.05, 4.69) is 45.1 Å². The molecule has 0 fully saturated rings. The highest BCUT2D eigenvalue weighted by Gasteiger charge is 2.28. The van der Waals surface area contributed by atoms with Gasteiger partial charge in [-0.2, -0.15) is 0 Å². The second-order valence-corrected chi connectivity index (χ2v) is 5.31. The first kappa shape index (κ1) is 9.14. The van der Waals surface area contributed by atoms with Crippen LogP contribution in [-0.2, 0) is 0 Å². The first-order valence-corrected chi connectivity index (χ1v) is 5.78. The molecule has 0 bridgehead atoms. The summed E-state index contributed by atoms with van der Waals surface area (Å²) in [5.41, 5.74) is 0. The Hall–Kier alpha value is -0.430. The van der Waals surface area contributed by atoms with Crippen LogP contribution in [0.25, 0.3) is 0 Å². The van der Waals surface area contributed by atoms with Crippen molar-refractivity contribution in [2.24, 2.45) is 17.8 Å². The van der Waals surface area contributed by atoms with Gasteiger partial charge in [0.2, 0.25) is 0 Å². The van der Waals surface area contributed by atoms with E-state index in [1.807, 2.05) is 11.8 Å². The van der Waals surface area contributed by atoms with Crippen molar-refractivity contribution in [3.05, 3.63) is 34.1 Å². The molecule has 0 aromatic heterocycles. The van der Waals surface area contributed by atoms with Crippen LogP contribution in [0, 0.1) is 17.8 Å². The van der Waals surface area contributed by atoms with Crippen LogP contribution in [-0.4, -0.2) is 0 Å². The third-order valence-electron chi connectivity index (χ3n) is 2.72. The molecule has 0 spiro atoms. The van der Waals surface area contributed by atoms with Crippen molar-refractivity contribution >= 4 is 11.8 Å². The largest absolute Gasteiger partial charge is 0.0984 e. The second-order valence-electron chi connectivity index (χ2n) is 4.16. The standard InChI is InChI=1S/C12H16S/c1-8(2)12-7-10-9(3)5-4-6-11(10)13-12/h4-10H,1-3H3. The van der Waals surface area contributed by atoms with E-state index in [1.165, 1.54) is 0 Å². The van der Waals surface area contributed by atoms with Crippen LogP contribution in [0.3, 0.4) is 0 Å². The van der Waals surface area contributed by atoms with Crippen molar-refractivity contribution in [2.75, 3.05) is 0 Å². The minimum atomic E-state index is 0.674. The molecular weight excluding hydrogens is 176 g/mol. The fraction of sp³-hybridized carbons (Fsp3) is 0.500. The van der Waals surface area contributed by atoms with Gasteiger partial charge in [0, 0.05) is 5.92 Å². The predicted octanol–water partition coefficient (Wildman–Crippen LogP) is 3.98. The third kappa shape index (κ3) is 1.62. The van der Waals surface area contributed by atoms with Gasteiger partial charge < -0.3 is 0 Å². The molecule has 2 rings (SSSR count). The van der Waals surface area contributed by atoms with Gasteiger partial charge in [0.1, 0.15) is 0 Å². The van der Waals surface area contributed by atoms with Crippen LogP contribution < -0.4 is 0 Å². The third-order valence-corrected chi connectivity index (χ3v) is 4.21. The lowest BCUT2D eigenvalue weighted by Gasteiger charge is -2.18. The number of hydrogen-bond donors (Lipinski definition) is 0. The molecule has 2 unspecified atom stereocenters. The fourth-order valence-corrected chi connectivity index (χ4v) is 3.10. The van der Waals surface area contributed by atoms with Crippen LogP contribution in [0.1, 0.15) is 20.8 Å². The monoisotopic (exact) mass is 192 g/mol. The van der Waals surface area contributed by atoms with Gasteiger partial charge in [0.15, 0.2) is 0 Å². The first-order chi connectivity index (χ1) is 6.18. The van der Waals surface area contributed by atoms with E-state index in [-0.39, 0.29) is 0 Å². The normalized spacial score (nSPS) is 31.7. The number of thioether (sulfide) groups is 1. The van der Waals surface area contributed by atoms with Gasteiger partial charge in [-0.1, -0.05) is 56.8 Å². The van der Waals surface area contributed by atoms with Crippen LogP contribution in [0.5, 0.6) is 0 Å². The van der Waals surface area contributed by atoms with E-state index in [0.717, 1.165) is 0 Å². The quantitative estimate of drug-likeness (QED) is 0.605. The molecule has 0 aromatic rings. The highest BCUT2D eigenvalue weighted by atomic mass is 32.2. The lowest BCUT2D eigenvalue weighted by Crippen LogP contribution is -2.07. The summed E-state index contributed by atoms with van der Waals surface area (Å²) in [6, 6.07) is 0. The molecule has 2 atom stereocenters. The molecule has 0 saturated carbocycles. The Kier molecular flexibility index (Phi) is 2.37. The van der Waals surface area contributed by atoms with Crippen LogP contribution >= 0.6 is 11.8 Å². The highest BCUT2D eigenvalue weighted by molar-refractivity contribution is 8.07. The van der Waals surface area contributed by atoms with Crippen molar-refractivity contribution in [1.82, 2.24) is 0 Å². The second kappa shape index (κ2) is 3.38. The molecule has 0 aromatic carbocycles. The number of rotatable bonds is 1. The van der Waals surface area contributed by atoms with Gasteiger partial charge in [0.05, 0.1) is 0 Å². The Morgan fingerprint density at radius 2 is 2.15 bits per heavy atom. The van der Waals surface area contributed by atoms with Gasteiger partial charge in [-0.15, -0.1) is 0 Å². The molecular formula is C12H16S. The molecule has 2 aliphatic rings. The summed E-state index contributed by atoms with van der Waals surface area (Å²) in [4.78, 5) is 3.09. The molecule has 0 saturated heterocycles. The molecule has 0 radical (unpaired) electrons. The van der Waals surface area contributed by atoms with Crippen LogP contribution in [0.2, 0.25) is 0 Å². The van der Waals surface area contributed by atoms with E-state index in [1.54, 1.807) is 9.81 Å². The summed E-state index contributed by atoms with van der Waals surface area (Å²) in [5, 5.41) is 0. The summed E-state index contributed by atoms with van der Waals surface area (Å²) in [6.45, 7) is 6.85. The first-order valence-electron chi connectivity index (χ1n) is 4.96. The topological polar surface area (TPSA) is 0 Å². The fourth-order valence-electron chi connectivity index (χ4n) is 1.81. The zero-order valence-electron chi connectivity index (χ0n) is 8.45. The average molecular weight is 192 g/mol. The Morgan fingerprint density at radius 3 is 2.77 bits per heavy atom. The van der Waals surface area contributed by atoms with Gasteiger partial charge >= 0.3 is 0 Å². The van der Waals surface area contributed by atoms with Gasteiger partial charge in [-0.3, -0.25) is 0 Å². The lowest BCUT2D eigenvalue weighted by molar-refractivity contribution is 0.598. The van der Waals surface area contributed by atoms with Gasteiger partial charge in [-0.25, -0.2) is 0 Å². The Labute approximate surface area is 84.8 Å². The Morgan fingerprint density at radius 1 is 1.38 bits per heavy atom. The maximum absolute atomic E-state index is 2.45. The maximum atomic E-state index is 2.45. The highest BCUT2D eigenvalue weighted by Crippen LogP contribution is 2.47.